The molecule has 0 atom stereocenters. The molecule has 130 valence electrons. The normalized spacial score (nSPS) is 33.6. The SMILES string of the molecule is Cc1nn(CCC(=O)NC2C3CC4CC(C3)CC2C4)cc1[N+](=O)[O-]. The van der Waals surface area contributed by atoms with Crippen molar-refractivity contribution in [1.82, 2.24) is 15.1 Å². The molecule has 4 saturated carbocycles. The Hall–Kier alpha value is -1.92. The van der Waals surface area contributed by atoms with Gasteiger partial charge in [0.15, 0.2) is 0 Å². The fourth-order valence-electron chi connectivity index (χ4n) is 5.44. The molecule has 0 spiro atoms. The van der Waals surface area contributed by atoms with Crippen molar-refractivity contribution >= 4 is 11.6 Å². The molecule has 0 radical (unpaired) electrons. The molecule has 0 unspecified atom stereocenters. The number of hydrogen-bond acceptors (Lipinski definition) is 4. The van der Waals surface area contributed by atoms with Crippen LogP contribution in [0.1, 0.15) is 44.2 Å². The van der Waals surface area contributed by atoms with Gasteiger partial charge >= 0.3 is 5.69 Å². The summed E-state index contributed by atoms with van der Waals surface area (Å²) in [7, 11) is 0. The van der Waals surface area contributed by atoms with Crippen molar-refractivity contribution in [1.29, 1.82) is 0 Å². The maximum absolute atomic E-state index is 12.3. The van der Waals surface area contributed by atoms with Crippen LogP contribution in [0.4, 0.5) is 5.69 Å². The third-order valence-electron chi connectivity index (χ3n) is 6.24. The molecule has 4 bridgehead atoms. The Morgan fingerprint density at radius 3 is 2.46 bits per heavy atom. The standard InChI is InChI=1S/C17H24N4O3/c1-10-15(21(23)24)9-20(19-10)3-2-16(22)18-17-13-5-11-4-12(7-13)8-14(17)6-11/h9,11-14,17H,2-8H2,1H3,(H,18,22). The minimum atomic E-state index is -0.437. The second-order valence-corrected chi connectivity index (χ2v) is 7.89. The lowest BCUT2D eigenvalue weighted by Gasteiger charge is -2.54. The summed E-state index contributed by atoms with van der Waals surface area (Å²) in [4.78, 5) is 22.8. The van der Waals surface area contributed by atoms with E-state index in [0.717, 1.165) is 11.8 Å². The van der Waals surface area contributed by atoms with Crippen molar-refractivity contribution < 1.29 is 9.72 Å². The van der Waals surface area contributed by atoms with Crippen LogP contribution in [0, 0.1) is 40.7 Å². The van der Waals surface area contributed by atoms with E-state index in [2.05, 4.69) is 10.4 Å². The highest BCUT2D eigenvalue weighted by atomic mass is 16.6. The van der Waals surface area contributed by atoms with Crippen molar-refractivity contribution in [2.45, 2.75) is 58.0 Å². The molecule has 4 fully saturated rings. The zero-order chi connectivity index (χ0) is 16.8. The monoisotopic (exact) mass is 332 g/mol. The number of nitrogens with one attached hydrogen (secondary N) is 1. The number of carbonyl (C=O) groups is 1. The summed E-state index contributed by atoms with van der Waals surface area (Å²) in [6, 6.07) is 0.346. The summed E-state index contributed by atoms with van der Waals surface area (Å²) < 4.78 is 1.50. The molecule has 24 heavy (non-hydrogen) atoms. The smallest absolute Gasteiger partial charge is 0.309 e. The van der Waals surface area contributed by atoms with Crippen molar-refractivity contribution in [2.75, 3.05) is 0 Å². The van der Waals surface area contributed by atoms with Gasteiger partial charge in [0, 0.05) is 19.0 Å². The van der Waals surface area contributed by atoms with Crippen molar-refractivity contribution in [2.24, 2.45) is 23.7 Å². The van der Waals surface area contributed by atoms with Gasteiger partial charge in [0.2, 0.25) is 5.91 Å². The van der Waals surface area contributed by atoms with E-state index in [0.29, 0.717) is 36.5 Å². The highest BCUT2D eigenvalue weighted by molar-refractivity contribution is 5.76. The number of hydrogen-bond donors (Lipinski definition) is 1. The van der Waals surface area contributed by atoms with Crippen LogP contribution in [0.3, 0.4) is 0 Å². The van der Waals surface area contributed by atoms with Crippen LogP contribution in [0.15, 0.2) is 6.20 Å². The largest absolute Gasteiger partial charge is 0.353 e. The van der Waals surface area contributed by atoms with E-state index in [4.69, 9.17) is 0 Å². The zero-order valence-corrected chi connectivity index (χ0v) is 14.0. The summed E-state index contributed by atoms with van der Waals surface area (Å²) in [6.45, 7) is 2.00. The van der Waals surface area contributed by atoms with Gasteiger partial charge in [-0.25, -0.2) is 0 Å². The van der Waals surface area contributed by atoms with Crippen LogP contribution in [0.5, 0.6) is 0 Å². The lowest BCUT2D eigenvalue weighted by Crippen LogP contribution is -2.55. The zero-order valence-electron chi connectivity index (χ0n) is 14.0. The highest BCUT2D eigenvalue weighted by Gasteiger charge is 2.48. The lowest BCUT2D eigenvalue weighted by atomic mass is 9.54. The molecule has 0 aliphatic heterocycles. The Morgan fingerprint density at radius 2 is 1.92 bits per heavy atom. The molecule has 1 aromatic heterocycles. The van der Waals surface area contributed by atoms with Gasteiger partial charge in [-0.3, -0.25) is 19.6 Å². The second-order valence-electron chi connectivity index (χ2n) is 7.89. The summed E-state index contributed by atoms with van der Waals surface area (Å²) in [5.74, 6) is 3.17. The van der Waals surface area contributed by atoms with Gasteiger partial charge in [-0.1, -0.05) is 0 Å². The Bertz CT molecular complexity index is 641. The molecule has 1 aromatic rings. The number of nitrogens with zero attached hydrogens (tertiary/aromatic N) is 3. The van der Waals surface area contributed by atoms with Crippen LogP contribution in [0.25, 0.3) is 0 Å². The molecule has 1 heterocycles. The van der Waals surface area contributed by atoms with Gasteiger partial charge in [0.25, 0.3) is 0 Å². The van der Waals surface area contributed by atoms with E-state index in [1.54, 1.807) is 6.92 Å². The number of nitro groups is 1. The van der Waals surface area contributed by atoms with Crippen molar-refractivity contribution in [3.8, 4) is 0 Å². The molecule has 1 N–H and O–H groups in total. The van der Waals surface area contributed by atoms with Gasteiger partial charge in [-0.2, -0.15) is 5.10 Å². The average molecular weight is 332 g/mol. The second kappa shape index (κ2) is 5.86. The summed E-state index contributed by atoms with van der Waals surface area (Å²) >= 11 is 0. The van der Waals surface area contributed by atoms with Crippen LogP contribution in [0.2, 0.25) is 0 Å². The number of amides is 1. The third kappa shape index (κ3) is 2.80. The fraction of sp³-hybridized carbons (Fsp3) is 0.765. The summed E-state index contributed by atoms with van der Waals surface area (Å²) in [5.41, 5.74) is 0.401. The highest BCUT2D eigenvalue weighted by Crippen LogP contribution is 2.53. The first kappa shape index (κ1) is 15.6. The molecule has 4 aliphatic rings. The van der Waals surface area contributed by atoms with Gasteiger partial charge in [-0.15, -0.1) is 0 Å². The molecule has 5 rings (SSSR count). The minimum absolute atomic E-state index is 0.0106. The molecular weight excluding hydrogens is 308 g/mol. The molecular formula is C17H24N4O3. The topological polar surface area (TPSA) is 90.1 Å². The predicted octanol–water partition coefficient (Wildman–Crippen LogP) is 2.43. The quantitative estimate of drug-likeness (QED) is 0.662. The van der Waals surface area contributed by atoms with E-state index in [1.807, 2.05) is 0 Å². The fourth-order valence-corrected chi connectivity index (χ4v) is 5.44. The van der Waals surface area contributed by atoms with E-state index in [1.165, 1.54) is 43.0 Å². The Balaban J connectivity index is 1.32. The molecule has 1 amide bonds. The predicted molar refractivity (Wildman–Crippen MR) is 87.2 cm³/mol. The first-order chi connectivity index (χ1) is 11.5. The molecule has 7 nitrogen and oxygen atoms in total. The van der Waals surface area contributed by atoms with Crippen LogP contribution < -0.4 is 5.32 Å². The Morgan fingerprint density at radius 1 is 1.29 bits per heavy atom. The van der Waals surface area contributed by atoms with E-state index in [-0.39, 0.29) is 11.6 Å². The van der Waals surface area contributed by atoms with Gasteiger partial charge in [0.1, 0.15) is 11.9 Å². The van der Waals surface area contributed by atoms with Crippen LogP contribution in [-0.4, -0.2) is 26.7 Å². The number of carbonyl (C=O) groups excluding carboxylic acids is 1. The molecule has 0 aromatic carbocycles. The van der Waals surface area contributed by atoms with Gasteiger partial charge in [-0.05, 0) is 62.7 Å². The average Bonchev–Trinajstić information content (AvgIpc) is 2.89. The number of rotatable bonds is 5. The molecule has 4 aliphatic carbocycles. The molecule has 0 saturated heterocycles. The molecule has 7 heteroatoms. The minimum Gasteiger partial charge on any atom is -0.353 e. The first-order valence-electron chi connectivity index (χ1n) is 8.97. The van der Waals surface area contributed by atoms with Gasteiger partial charge < -0.3 is 5.32 Å². The van der Waals surface area contributed by atoms with Crippen LogP contribution in [-0.2, 0) is 11.3 Å². The maximum atomic E-state index is 12.3. The van der Waals surface area contributed by atoms with Gasteiger partial charge in [0.05, 0.1) is 4.92 Å². The van der Waals surface area contributed by atoms with Crippen molar-refractivity contribution in [3.63, 3.8) is 0 Å². The Kier molecular flexibility index (Phi) is 3.81. The van der Waals surface area contributed by atoms with Crippen molar-refractivity contribution in [3.05, 3.63) is 22.0 Å². The summed E-state index contributed by atoms with van der Waals surface area (Å²) in [5, 5.41) is 18.2. The van der Waals surface area contributed by atoms with E-state index < -0.39 is 4.92 Å². The maximum Gasteiger partial charge on any atom is 0.309 e. The summed E-state index contributed by atoms with van der Waals surface area (Å²) in [6.07, 6.45) is 8.26. The third-order valence-corrected chi connectivity index (χ3v) is 6.24. The van der Waals surface area contributed by atoms with Crippen LogP contribution >= 0.6 is 0 Å². The first-order valence-corrected chi connectivity index (χ1v) is 8.97. The Labute approximate surface area is 140 Å². The number of aromatic nitrogens is 2. The van der Waals surface area contributed by atoms with E-state index in [9.17, 15) is 14.9 Å². The lowest BCUT2D eigenvalue weighted by molar-refractivity contribution is -0.385. The number of aryl methyl sites for hydroxylation is 2. The van der Waals surface area contributed by atoms with E-state index >= 15 is 0 Å².